The molecule has 1 atom stereocenters. The van der Waals surface area contributed by atoms with E-state index in [1.54, 1.807) is 21.3 Å². The monoisotopic (exact) mass is 460 g/mol. The summed E-state index contributed by atoms with van der Waals surface area (Å²) >= 11 is 0. The number of carbonyl (C=O) groups excluding carboxylic acids is 1. The largest absolute Gasteiger partial charge is 0.497 e. The molecule has 0 bridgehead atoms. The first-order chi connectivity index (χ1) is 16.5. The second kappa shape index (κ2) is 10.6. The molecule has 0 unspecified atom stereocenters. The average molecular weight is 461 g/mol. The van der Waals surface area contributed by atoms with Gasteiger partial charge in [-0.05, 0) is 66.4 Å². The van der Waals surface area contributed by atoms with Crippen LogP contribution in [0.15, 0.2) is 60.7 Å². The van der Waals surface area contributed by atoms with Gasteiger partial charge in [0, 0.05) is 25.2 Å². The highest BCUT2D eigenvalue weighted by atomic mass is 16.5. The molecule has 0 radical (unpaired) electrons. The molecule has 0 aliphatic carbocycles. The molecule has 0 aromatic heterocycles. The molecule has 3 aromatic rings. The minimum Gasteiger partial charge on any atom is -0.497 e. The van der Waals surface area contributed by atoms with Gasteiger partial charge in [-0.2, -0.15) is 0 Å². The van der Waals surface area contributed by atoms with Crippen molar-refractivity contribution in [3.63, 3.8) is 0 Å². The molecule has 0 spiro atoms. The molecule has 34 heavy (non-hydrogen) atoms. The minimum absolute atomic E-state index is 0.0000520. The number of ether oxygens (including phenoxy) is 3. The van der Waals surface area contributed by atoms with Crippen molar-refractivity contribution in [3.8, 4) is 17.2 Å². The predicted molar refractivity (Wildman–Crippen MR) is 133 cm³/mol. The van der Waals surface area contributed by atoms with E-state index in [1.807, 2.05) is 43.3 Å². The highest BCUT2D eigenvalue weighted by molar-refractivity contribution is 5.94. The Labute approximate surface area is 201 Å². The fourth-order valence-electron chi connectivity index (χ4n) is 4.47. The van der Waals surface area contributed by atoms with Crippen LogP contribution in [0.2, 0.25) is 0 Å². The molecular formula is C28H32N2O4. The van der Waals surface area contributed by atoms with E-state index in [4.69, 9.17) is 14.2 Å². The van der Waals surface area contributed by atoms with Gasteiger partial charge in [0.05, 0.1) is 27.4 Å². The Balaban J connectivity index is 1.61. The van der Waals surface area contributed by atoms with Gasteiger partial charge >= 0.3 is 0 Å². The van der Waals surface area contributed by atoms with E-state index < -0.39 is 0 Å². The molecule has 1 heterocycles. The van der Waals surface area contributed by atoms with Crippen LogP contribution in [0, 0.1) is 6.92 Å². The lowest BCUT2D eigenvalue weighted by Gasteiger charge is -2.38. The van der Waals surface area contributed by atoms with Crippen LogP contribution in [0.5, 0.6) is 17.2 Å². The molecule has 178 valence electrons. The van der Waals surface area contributed by atoms with Gasteiger partial charge in [0.2, 0.25) is 0 Å². The molecule has 0 saturated heterocycles. The van der Waals surface area contributed by atoms with E-state index in [-0.39, 0.29) is 11.9 Å². The standard InChI is InChI=1S/C28H32N2O4/c1-19-5-9-21(10-6-19)28(31)29-17-25-24-16-27(34-4)26(33-3)15-22(24)13-14-30(25)18-20-7-11-23(32-2)12-8-20/h5-12,15-16,25H,13-14,17-18H2,1-4H3,(H,29,31)/t25-/m0/s1. The number of aryl methyl sites for hydroxylation is 1. The van der Waals surface area contributed by atoms with Crippen LogP contribution in [-0.2, 0) is 13.0 Å². The van der Waals surface area contributed by atoms with E-state index in [0.717, 1.165) is 42.1 Å². The number of fused-ring (bicyclic) bond motifs is 1. The number of nitrogens with one attached hydrogen (secondary N) is 1. The third-order valence-corrected chi connectivity index (χ3v) is 6.43. The average Bonchev–Trinajstić information content (AvgIpc) is 2.87. The lowest BCUT2D eigenvalue weighted by atomic mass is 9.91. The van der Waals surface area contributed by atoms with E-state index in [0.29, 0.717) is 17.9 Å². The topological polar surface area (TPSA) is 60.0 Å². The lowest BCUT2D eigenvalue weighted by Crippen LogP contribution is -2.41. The Morgan fingerprint density at radius 2 is 1.62 bits per heavy atom. The zero-order chi connectivity index (χ0) is 24.1. The fraction of sp³-hybridized carbons (Fsp3) is 0.321. The van der Waals surface area contributed by atoms with Gasteiger partial charge in [-0.3, -0.25) is 9.69 Å². The third kappa shape index (κ3) is 5.18. The maximum Gasteiger partial charge on any atom is 0.251 e. The molecule has 6 nitrogen and oxygen atoms in total. The van der Waals surface area contributed by atoms with Gasteiger partial charge in [-0.15, -0.1) is 0 Å². The van der Waals surface area contributed by atoms with Crippen molar-refractivity contribution >= 4 is 5.91 Å². The first-order valence-electron chi connectivity index (χ1n) is 11.5. The number of nitrogens with zero attached hydrogens (tertiary/aromatic N) is 1. The molecular weight excluding hydrogens is 428 g/mol. The van der Waals surface area contributed by atoms with Crippen molar-refractivity contribution in [2.24, 2.45) is 0 Å². The van der Waals surface area contributed by atoms with Crippen LogP contribution in [0.25, 0.3) is 0 Å². The maximum atomic E-state index is 12.9. The summed E-state index contributed by atoms with van der Waals surface area (Å²) in [4.78, 5) is 15.3. The summed E-state index contributed by atoms with van der Waals surface area (Å²) in [6.07, 6.45) is 0.897. The quantitative estimate of drug-likeness (QED) is 0.534. The maximum absolute atomic E-state index is 12.9. The molecule has 1 N–H and O–H groups in total. The van der Waals surface area contributed by atoms with Crippen molar-refractivity contribution in [1.82, 2.24) is 10.2 Å². The highest BCUT2D eigenvalue weighted by Crippen LogP contribution is 2.38. The van der Waals surface area contributed by atoms with Crippen LogP contribution < -0.4 is 19.5 Å². The summed E-state index contributed by atoms with van der Waals surface area (Å²) in [6.45, 7) is 4.15. The molecule has 3 aromatic carbocycles. The summed E-state index contributed by atoms with van der Waals surface area (Å²) in [5.74, 6) is 2.19. The molecule has 1 aliphatic rings. The SMILES string of the molecule is COc1ccc(CN2CCc3cc(OC)c(OC)cc3[C@@H]2CNC(=O)c2ccc(C)cc2)cc1. The second-order valence-electron chi connectivity index (χ2n) is 8.57. The van der Waals surface area contributed by atoms with Crippen LogP contribution in [0.3, 0.4) is 0 Å². The van der Waals surface area contributed by atoms with Crippen molar-refractivity contribution in [2.45, 2.75) is 25.9 Å². The highest BCUT2D eigenvalue weighted by Gasteiger charge is 2.29. The number of carbonyl (C=O) groups is 1. The van der Waals surface area contributed by atoms with Gasteiger partial charge < -0.3 is 19.5 Å². The third-order valence-electron chi connectivity index (χ3n) is 6.43. The van der Waals surface area contributed by atoms with Crippen LogP contribution >= 0.6 is 0 Å². The fourth-order valence-corrected chi connectivity index (χ4v) is 4.47. The van der Waals surface area contributed by atoms with Gasteiger partial charge in [-0.25, -0.2) is 0 Å². The minimum atomic E-state index is -0.0722. The van der Waals surface area contributed by atoms with E-state index in [1.165, 1.54) is 11.1 Å². The van der Waals surface area contributed by atoms with Crippen molar-refractivity contribution in [1.29, 1.82) is 0 Å². The summed E-state index contributed by atoms with van der Waals surface area (Å²) in [7, 11) is 4.98. The van der Waals surface area contributed by atoms with Crippen molar-refractivity contribution in [3.05, 3.63) is 88.5 Å². The molecule has 1 amide bonds. The zero-order valence-corrected chi connectivity index (χ0v) is 20.3. The Hall–Kier alpha value is -3.51. The van der Waals surface area contributed by atoms with Crippen molar-refractivity contribution < 1.29 is 19.0 Å². The lowest BCUT2D eigenvalue weighted by molar-refractivity contribution is 0.0926. The van der Waals surface area contributed by atoms with Crippen LogP contribution in [0.4, 0.5) is 0 Å². The summed E-state index contributed by atoms with van der Waals surface area (Å²) in [6, 6.07) is 19.9. The Bertz CT molecular complexity index is 1130. The van der Waals surface area contributed by atoms with Crippen LogP contribution in [-0.4, -0.2) is 45.2 Å². The summed E-state index contributed by atoms with van der Waals surface area (Å²) < 4.78 is 16.4. The molecule has 4 rings (SSSR count). The van der Waals surface area contributed by atoms with Gasteiger partial charge in [0.25, 0.3) is 5.91 Å². The van der Waals surface area contributed by atoms with Gasteiger partial charge in [0.15, 0.2) is 11.5 Å². The van der Waals surface area contributed by atoms with Crippen LogP contribution in [0.1, 0.15) is 38.7 Å². The summed E-state index contributed by atoms with van der Waals surface area (Å²) in [5, 5.41) is 3.16. The summed E-state index contributed by atoms with van der Waals surface area (Å²) in [5.41, 5.74) is 5.36. The number of rotatable bonds is 8. The van der Waals surface area contributed by atoms with E-state index >= 15 is 0 Å². The normalized spacial score (nSPS) is 15.4. The predicted octanol–water partition coefficient (Wildman–Crippen LogP) is 4.55. The number of benzene rings is 3. The second-order valence-corrected chi connectivity index (χ2v) is 8.57. The Morgan fingerprint density at radius 3 is 2.26 bits per heavy atom. The van der Waals surface area contributed by atoms with Crippen molar-refractivity contribution in [2.75, 3.05) is 34.4 Å². The number of methoxy groups -OCH3 is 3. The number of hydrogen-bond acceptors (Lipinski definition) is 5. The zero-order valence-electron chi connectivity index (χ0n) is 20.3. The smallest absolute Gasteiger partial charge is 0.251 e. The van der Waals surface area contributed by atoms with Gasteiger partial charge in [0.1, 0.15) is 5.75 Å². The van der Waals surface area contributed by atoms with Gasteiger partial charge in [-0.1, -0.05) is 29.8 Å². The van der Waals surface area contributed by atoms with E-state index in [9.17, 15) is 4.79 Å². The molecule has 0 saturated carbocycles. The first-order valence-corrected chi connectivity index (χ1v) is 11.5. The number of amides is 1. The molecule has 1 aliphatic heterocycles. The van der Waals surface area contributed by atoms with E-state index in [2.05, 4.69) is 34.5 Å². The first kappa shape index (κ1) is 23.6. The molecule has 0 fully saturated rings. The Morgan fingerprint density at radius 1 is 0.941 bits per heavy atom. The molecule has 6 heteroatoms. The Kier molecular flexibility index (Phi) is 7.38. The number of hydrogen-bond donors (Lipinski definition) is 1.